The first-order chi connectivity index (χ1) is 11.2. The summed E-state index contributed by atoms with van der Waals surface area (Å²) in [6.07, 6.45) is -3.18. The van der Waals surface area contributed by atoms with Gasteiger partial charge in [-0.05, 0) is 45.3 Å². The Morgan fingerprint density at radius 1 is 1.17 bits per heavy atom. The van der Waals surface area contributed by atoms with Crippen molar-refractivity contribution in [2.24, 2.45) is 10.7 Å². The minimum absolute atomic E-state index is 0.230. The summed E-state index contributed by atoms with van der Waals surface area (Å²) in [5.41, 5.74) is 4.41. The minimum atomic E-state index is -4.71. The molecule has 0 amide bonds. The number of nitrogens with zero attached hydrogens (tertiary/aromatic N) is 3. The van der Waals surface area contributed by atoms with Gasteiger partial charge in [0.1, 0.15) is 5.54 Å². The maximum Gasteiger partial charge on any atom is 0.448 e. The van der Waals surface area contributed by atoms with Crippen LogP contribution in [0.4, 0.5) is 13.2 Å². The molecule has 1 fully saturated rings. The lowest BCUT2D eigenvalue weighted by molar-refractivity contribution is -0.0607. The molecule has 1 saturated carbocycles. The Hall–Kier alpha value is -2.07. The summed E-state index contributed by atoms with van der Waals surface area (Å²) in [5.74, 6) is -1.43. The van der Waals surface area contributed by atoms with Gasteiger partial charge in [0.2, 0.25) is 5.84 Å². The zero-order chi connectivity index (χ0) is 18.0. The number of rotatable bonds is 3. The van der Waals surface area contributed by atoms with Gasteiger partial charge >= 0.3 is 6.18 Å². The molecule has 2 rings (SSSR count). The van der Waals surface area contributed by atoms with E-state index in [9.17, 15) is 18.4 Å². The number of halogens is 3. The molecular weight excluding hydrogens is 317 g/mol. The van der Waals surface area contributed by atoms with E-state index < -0.39 is 17.6 Å². The summed E-state index contributed by atoms with van der Waals surface area (Å²) in [4.78, 5) is 5.64. The highest BCUT2D eigenvalue weighted by molar-refractivity contribution is 5.86. The third-order valence-electron chi connectivity index (χ3n) is 4.90. The number of nitriles is 1. The fourth-order valence-corrected chi connectivity index (χ4v) is 3.36. The van der Waals surface area contributed by atoms with Gasteiger partial charge in [0.15, 0.2) is 0 Å². The molecule has 0 heterocycles. The van der Waals surface area contributed by atoms with Gasteiger partial charge in [-0.25, -0.2) is 4.99 Å². The molecule has 130 valence electrons. The molecule has 2 N–H and O–H groups in total. The van der Waals surface area contributed by atoms with Crippen LogP contribution in [0.3, 0.4) is 0 Å². The van der Waals surface area contributed by atoms with Crippen LogP contribution in [0.25, 0.3) is 0 Å². The van der Waals surface area contributed by atoms with Crippen molar-refractivity contribution in [2.45, 2.75) is 42.9 Å². The maximum atomic E-state index is 12.7. The Balaban J connectivity index is 2.32. The Bertz CT molecular complexity index is 636. The van der Waals surface area contributed by atoms with Gasteiger partial charge in [-0.2, -0.15) is 18.4 Å². The summed E-state index contributed by atoms with van der Waals surface area (Å²) in [6, 6.07) is 11.8. The van der Waals surface area contributed by atoms with Crippen molar-refractivity contribution >= 4 is 5.84 Å². The lowest BCUT2D eigenvalue weighted by atomic mass is 9.69. The van der Waals surface area contributed by atoms with Gasteiger partial charge in [-0.1, -0.05) is 30.3 Å². The summed E-state index contributed by atoms with van der Waals surface area (Å²) < 4.78 is 38.0. The van der Waals surface area contributed by atoms with Gasteiger partial charge < -0.3 is 5.73 Å². The van der Waals surface area contributed by atoms with Gasteiger partial charge in [0, 0.05) is 5.54 Å². The van der Waals surface area contributed by atoms with Crippen molar-refractivity contribution in [1.82, 2.24) is 4.90 Å². The molecule has 0 bridgehead atoms. The van der Waals surface area contributed by atoms with Crippen LogP contribution < -0.4 is 5.73 Å². The molecule has 0 aliphatic heterocycles. The van der Waals surface area contributed by atoms with Crippen molar-refractivity contribution in [2.75, 3.05) is 14.1 Å². The average Bonchev–Trinajstić information content (AvgIpc) is 2.55. The van der Waals surface area contributed by atoms with E-state index in [0.29, 0.717) is 12.8 Å². The number of hydrogen-bond donors (Lipinski definition) is 1. The smallest absolute Gasteiger partial charge is 0.380 e. The van der Waals surface area contributed by atoms with Gasteiger partial charge in [0.25, 0.3) is 0 Å². The van der Waals surface area contributed by atoms with Crippen LogP contribution in [-0.2, 0) is 5.54 Å². The van der Waals surface area contributed by atoms with Crippen molar-refractivity contribution in [3.8, 4) is 6.07 Å². The van der Waals surface area contributed by atoms with E-state index in [1.54, 1.807) is 0 Å². The summed E-state index contributed by atoms with van der Waals surface area (Å²) in [6.45, 7) is 0. The second-order valence-electron chi connectivity index (χ2n) is 6.43. The van der Waals surface area contributed by atoms with Crippen molar-refractivity contribution in [3.05, 3.63) is 35.9 Å². The highest BCUT2D eigenvalue weighted by Gasteiger charge is 2.47. The average molecular weight is 338 g/mol. The molecule has 4 nitrogen and oxygen atoms in total. The van der Waals surface area contributed by atoms with Gasteiger partial charge in [-0.3, -0.25) is 4.90 Å². The number of alkyl halides is 3. The predicted molar refractivity (Wildman–Crippen MR) is 86.3 cm³/mol. The zero-order valence-corrected chi connectivity index (χ0v) is 13.8. The first-order valence-corrected chi connectivity index (χ1v) is 7.72. The van der Waals surface area contributed by atoms with Crippen molar-refractivity contribution in [3.63, 3.8) is 0 Å². The molecule has 0 radical (unpaired) electrons. The zero-order valence-electron chi connectivity index (χ0n) is 13.8. The van der Waals surface area contributed by atoms with E-state index in [0.717, 1.165) is 5.56 Å². The van der Waals surface area contributed by atoms with Crippen molar-refractivity contribution < 1.29 is 13.2 Å². The minimum Gasteiger partial charge on any atom is -0.380 e. The van der Waals surface area contributed by atoms with E-state index in [1.165, 1.54) is 0 Å². The lowest BCUT2D eigenvalue weighted by Crippen LogP contribution is -2.49. The molecule has 1 aromatic carbocycles. The number of hydrogen-bond acceptors (Lipinski definition) is 3. The van der Waals surface area contributed by atoms with E-state index in [1.807, 2.05) is 50.5 Å². The number of amidine groups is 1. The molecule has 1 aliphatic rings. The molecule has 1 aliphatic carbocycles. The molecule has 0 aromatic heterocycles. The molecule has 0 unspecified atom stereocenters. The van der Waals surface area contributed by atoms with Crippen LogP contribution in [0.15, 0.2) is 35.3 Å². The van der Waals surface area contributed by atoms with Crippen LogP contribution >= 0.6 is 0 Å². The van der Waals surface area contributed by atoms with Gasteiger partial charge in [0.05, 0.1) is 6.07 Å². The van der Waals surface area contributed by atoms with Crippen LogP contribution in [-0.4, -0.2) is 36.5 Å². The molecular formula is C17H21F3N4. The third kappa shape index (κ3) is 3.39. The fourth-order valence-electron chi connectivity index (χ4n) is 3.36. The highest BCUT2D eigenvalue weighted by atomic mass is 19.4. The molecule has 1 aromatic rings. The lowest BCUT2D eigenvalue weighted by Gasteiger charge is -2.47. The van der Waals surface area contributed by atoms with Crippen LogP contribution in [0, 0.1) is 11.3 Å². The first kappa shape index (κ1) is 18.3. The summed E-state index contributed by atoms with van der Waals surface area (Å²) in [5, 5.41) is 9.44. The van der Waals surface area contributed by atoms with E-state index in [-0.39, 0.29) is 18.4 Å². The third-order valence-corrected chi connectivity index (χ3v) is 4.90. The van der Waals surface area contributed by atoms with Gasteiger partial charge in [-0.15, -0.1) is 0 Å². The fraction of sp³-hybridized carbons (Fsp3) is 0.529. The van der Waals surface area contributed by atoms with Crippen LogP contribution in [0.2, 0.25) is 0 Å². The quantitative estimate of drug-likeness (QED) is 0.680. The van der Waals surface area contributed by atoms with Crippen LogP contribution in [0.1, 0.15) is 31.2 Å². The topological polar surface area (TPSA) is 65.4 Å². The Kier molecular flexibility index (Phi) is 4.90. The van der Waals surface area contributed by atoms with E-state index >= 15 is 0 Å². The maximum absolute atomic E-state index is 12.7. The standard InChI is InChI=1S/C17H21F3N4/c1-24(2)16(13-6-4-3-5-7-13)10-8-15(12-21,9-11-16)23-14(22)17(18,19)20/h3-7H,8-11H2,1-2H3,(H2,22,23). The second-order valence-corrected chi connectivity index (χ2v) is 6.43. The Morgan fingerprint density at radius 3 is 2.12 bits per heavy atom. The molecule has 0 atom stereocenters. The van der Waals surface area contributed by atoms with Crippen molar-refractivity contribution in [1.29, 1.82) is 5.26 Å². The number of benzene rings is 1. The molecule has 0 saturated heterocycles. The normalized spacial score (nSPS) is 28.6. The monoisotopic (exact) mass is 338 g/mol. The van der Waals surface area contributed by atoms with E-state index in [4.69, 9.17) is 5.73 Å². The first-order valence-electron chi connectivity index (χ1n) is 7.72. The van der Waals surface area contributed by atoms with Crippen LogP contribution in [0.5, 0.6) is 0 Å². The molecule has 24 heavy (non-hydrogen) atoms. The Labute approximate surface area is 139 Å². The summed E-state index contributed by atoms with van der Waals surface area (Å²) >= 11 is 0. The Morgan fingerprint density at radius 2 is 1.71 bits per heavy atom. The molecule has 0 spiro atoms. The SMILES string of the molecule is CN(C)C1(c2ccccc2)CCC(C#N)(N=C(N)C(F)(F)F)CC1. The summed E-state index contributed by atoms with van der Waals surface area (Å²) in [7, 11) is 3.89. The molecule has 7 heteroatoms. The second kappa shape index (κ2) is 6.44. The largest absolute Gasteiger partial charge is 0.448 e. The highest BCUT2D eigenvalue weighted by Crippen LogP contribution is 2.46. The predicted octanol–water partition coefficient (Wildman–Crippen LogP) is 3.20. The number of nitrogens with two attached hydrogens (primary N) is 1. The van der Waals surface area contributed by atoms with E-state index in [2.05, 4.69) is 9.89 Å². The number of aliphatic imine (C=N–C) groups is 1.